The van der Waals surface area contributed by atoms with Crippen molar-refractivity contribution in [3.63, 3.8) is 0 Å². The maximum Gasteiger partial charge on any atom is 0.255 e. The Hall–Kier alpha value is -3.10. The van der Waals surface area contributed by atoms with Gasteiger partial charge < -0.3 is 24.8 Å². The second kappa shape index (κ2) is 8.50. The van der Waals surface area contributed by atoms with Crippen LogP contribution in [0.4, 0.5) is 10.8 Å². The number of thiazole rings is 1. The molecular formula is C21H21N3O4S. The van der Waals surface area contributed by atoms with E-state index in [9.17, 15) is 9.90 Å². The van der Waals surface area contributed by atoms with Gasteiger partial charge in [0.25, 0.3) is 5.91 Å². The van der Waals surface area contributed by atoms with Crippen molar-refractivity contribution in [3.05, 3.63) is 53.4 Å². The molecule has 0 saturated carbocycles. The molecule has 3 aromatic rings. The molecule has 0 bridgehead atoms. The molecule has 0 unspecified atom stereocenters. The minimum Gasteiger partial charge on any atom is -0.504 e. The van der Waals surface area contributed by atoms with E-state index in [1.165, 1.54) is 19.2 Å². The number of benzene rings is 2. The molecule has 1 aromatic heterocycles. The Morgan fingerprint density at radius 2 is 1.97 bits per heavy atom. The summed E-state index contributed by atoms with van der Waals surface area (Å²) in [5.74, 6) is -0.0278. The zero-order valence-corrected chi connectivity index (χ0v) is 16.7. The first-order valence-electron chi connectivity index (χ1n) is 9.21. The number of rotatable bonds is 5. The first kappa shape index (κ1) is 19.2. The lowest BCUT2D eigenvalue weighted by Crippen LogP contribution is -2.36. The predicted molar refractivity (Wildman–Crippen MR) is 113 cm³/mol. The molecule has 0 aliphatic carbocycles. The van der Waals surface area contributed by atoms with Gasteiger partial charge in [-0.05, 0) is 30.3 Å². The number of carbonyl (C=O) groups is 1. The molecule has 1 saturated heterocycles. The summed E-state index contributed by atoms with van der Waals surface area (Å²) in [6.07, 6.45) is 0. The van der Waals surface area contributed by atoms with E-state index in [0.29, 0.717) is 11.3 Å². The SMILES string of the molecule is COc1cc(C(=O)Nc2ccc(-c3csc(N4CCOCC4)n3)cc2)ccc1O. The number of nitrogens with zero attached hydrogens (tertiary/aromatic N) is 2. The maximum atomic E-state index is 12.5. The van der Waals surface area contributed by atoms with Crippen molar-refractivity contribution in [2.24, 2.45) is 0 Å². The van der Waals surface area contributed by atoms with Gasteiger partial charge in [0.05, 0.1) is 26.0 Å². The number of ether oxygens (including phenoxy) is 2. The van der Waals surface area contributed by atoms with E-state index < -0.39 is 0 Å². The van der Waals surface area contributed by atoms with E-state index >= 15 is 0 Å². The fourth-order valence-corrected chi connectivity index (χ4v) is 3.93. The van der Waals surface area contributed by atoms with Crippen molar-refractivity contribution in [3.8, 4) is 22.8 Å². The van der Waals surface area contributed by atoms with Gasteiger partial charge in [0, 0.05) is 35.3 Å². The molecule has 2 aromatic carbocycles. The van der Waals surface area contributed by atoms with Gasteiger partial charge >= 0.3 is 0 Å². The van der Waals surface area contributed by atoms with Crippen LogP contribution in [0.25, 0.3) is 11.3 Å². The minimum atomic E-state index is -0.278. The molecule has 1 aliphatic heterocycles. The Balaban J connectivity index is 1.44. The third-order valence-electron chi connectivity index (χ3n) is 4.65. The standard InChI is InChI=1S/C21H21N3O4S/c1-27-19-12-15(4-7-18(19)25)20(26)22-16-5-2-14(3-6-16)17-13-29-21(23-17)24-8-10-28-11-9-24/h2-7,12-13,25H,8-11H2,1H3,(H,22,26). The van der Waals surface area contributed by atoms with Gasteiger partial charge in [0.2, 0.25) is 0 Å². The number of phenols is 1. The number of carbonyl (C=O) groups excluding carboxylic acids is 1. The van der Waals surface area contributed by atoms with Gasteiger partial charge in [-0.2, -0.15) is 0 Å². The van der Waals surface area contributed by atoms with Crippen LogP contribution in [0.5, 0.6) is 11.5 Å². The number of methoxy groups -OCH3 is 1. The fraction of sp³-hybridized carbons (Fsp3) is 0.238. The average molecular weight is 411 g/mol. The van der Waals surface area contributed by atoms with E-state index in [2.05, 4.69) is 10.2 Å². The van der Waals surface area contributed by atoms with E-state index in [4.69, 9.17) is 14.5 Å². The van der Waals surface area contributed by atoms with Crippen LogP contribution in [0.15, 0.2) is 47.8 Å². The molecule has 0 atom stereocenters. The summed E-state index contributed by atoms with van der Waals surface area (Å²) in [5.41, 5.74) is 2.98. The predicted octanol–water partition coefficient (Wildman–Crippen LogP) is 3.61. The van der Waals surface area contributed by atoms with Crippen LogP contribution in [0, 0.1) is 0 Å². The van der Waals surface area contributed by atoms with Crippen molar-refractivity contribution in [1.29, 1.82) is 0 Å². The molecule has 0 spiro atoms. The molecule has 150 valence electrons. The van der Waals surface area contributed by atoms with Crippen LogP contribution in [-0.2, 0) is 4.74 Å². The summed E-state index contributed by atoms with van der Waals surface area (Å²) in [6, 6.07) is 12.0. The lowest BCUT2D eigenvalue weighted by Gasteiger charge is -2.26. The Bertz CT molecular complexity index is 997. The third-order valence-corrected chi connectivity index (χ3v) is 5.56. The molecule has 0 radical (unpaired) electrons. The largest absolute Gasteiger partial charge is 0.504 e. The molecule has 2 N–H and O–H groups in total. The quantitative estimate of drug-likeness (QED) is 0.667. The lowest BCUT2D eigenvalue weighted by molar-refractivity contribution is 0.102. The topological polar surface area (TPSA) is 83.9 Å². The molecule has 7 nitrogen and oxygen atoms in total. The third kappa shape index (κ3) is 4.33. The number of phenolic OH excluding ortho intramolecular Hbond substituents is 1. The van der Waals surface area contributed by atoms with Crippen molar-refractivity contribution >= 4 is 28.1 Å². The second-order valence-corrected chi connectivity index (χ2v) is 7.37. The summed E-state index contributed by atoms with van der Waals surface area (Å²) in [4.78, 5) is 19.4. The Labute approximate surface area is 172 Å². The van der Waals surface area contributed by atoms with Crippen LogP contribution >= 0.6 is 11.3 Å². The van der Waals surface area contributed by atoms with E-state index in [1.54, 1.807) is 17.4 Å². The summed E-state index contributed by atoms with van der Waals surface area (Å²) >= 11 is 1.62. The number of hydrogen-bond donors (Lipinski definition) is 2. The second-order valence-electron chi connectivity index (χ2n) is 6.53. The summed E-state index contributed by atoms with van der Waals surface area (Å²) in [5, 5.41) is 15.6. The molecule has 1 aliphatic rings. The van der Waals surface area contributed by atoms with Crippen LogP contribution in [0.3, 0.4) is 0 Å². The van der Waals surface area contributed by atoms with Crippen molar-refractivity contribution in [2.45, 2.75) is 0 Å². The normalized spacial score (nSPS) is 13.9. The van der Waals surface area contributed by atoms with Crippen molar-refractivity contribution in [2.75, 3.05) is 43.6 Å². The number of aromatic nitrogens is 1. The number of morpholine rings is 1. The van der Waals surface area contributed by atoms with E-state index in [0.717, 1.165) is 42.7 Å². The van der Waals surface area contributed by atoms with Crippen LogP contribution in [-0.4, -0.2) is 49.4 Å². The molecule has 8 heteroatoms. The highest BCUT2D eigenvalue weighted by Crippen LogP contribution is 2.29. The van der Waals surface area contributed by atoms with Crippen molar-refractivity contribution in [1.82, 2.24) is 4.98 Å². The summed E-state index contributed by atoms with van der Waals surface area (Å²) in [7, 11) is 1.44. The first-order valence-corrected chi connectivity index (χ1v) is 10.1. The lowest BCUT2D eigenvalue weighted by atomic mass is 10.1. The number of nitrogens with one attached hydrogen (secondary N) is 1. The van der Waals surface area contributed by atoms with Gasteiger partial charge in [0.15, 0.2) is 16.6 Å². The number of hydrogen-bond acceptors (Lipinski definition) is 7. The smallest absolute Gasteiger partial charge is 0.255 e. The highest BCUT2D eigenvalue weighted by atomic mass is 32.1. The van der Waals surface area contributed by atoms with Gasteiger partial charge in [-0.3, -0.25) is 4.79 Å². The average Bonchev–Trinajstić information content (AvgIpc) is 3.25. The molecule has 4 rings (SSSR count). The van der Waals surface area contributed by atoms with Gasteiger partial charge in [-0.1, -0.05) is 12.1 Å². The highest BCUT2D eigenvalue weighted by molar-refractivity contribution is 7.14. The maximum absolute atomic E-state index is 12.5. The van der Waals surface area contributed by atoms with Crippen LogP contribution in [0.2, 0.25) is 0 Å². The first-order chi connectivity index (χ1) is 14.1. The van der Waals surface area contributed by atoms with E-state index in [-0.39, 0.29) is 17.4 Å². The van der Waals surface area contributed by atoms with Crippen LogP contribution in [0.1, 0.15) is 10.4 Å². The van der Waals surface area contributed by atoms with Gasteiger partial charge in [-0.15, -0.1) is 11.3 Å². The van der Waals surface area contributed by atoms with Crippen LogP contribution < -0.4 is 15.0 Å². The molecular weight excluding hydrogens is 390 g/mol. The number of aromatic hydroxyl groups is 1. The summed E-state index contributed by atoms with van der Waals surface area (Å²) in [6.45, 7) is 3.19. The van der Waals surface area contributed by atoms with Gasteiger partial charge in [0.1, 0.15) is 0 Å². The molecule has 1 amide bonds. The van der Waals surface area contributed by atoms with Gasteiger partial charge in [-0.25, -0.2) is 4.98 Å². The Morgan fingerprint density at radius 3 is 2.69 bits per heavy atom. The Morgan fingerprint density at radius 1 is 1.21 bits per heavy atom. The highest BCUT2D eigenvalue weighted by Gasteiger charge is 2.15. The zero-order chi connectivity index (χ0) is 20.2. The monoisotopic (exact) mass is 411 g/mol. The fourth-order valence-electron chi connectivity index (χ4n) is 3.04. The summed E-state index contributed by atoms with van der Waals surface area (Å²) < 4.78 is 10.4. The van der Waals surface area contributed by atoms with E-state index in [1.807, 2.05) is 29.6 Å². The molecule has 29 heavy (non-hydrogen) atoms. The number of anilines is 2. The molecule has 1 fully saturated rings. The van der Waals surface area contributed by atoms with Crippen molar-refractivity contribution < 1.29 is 19.4 Å². The zero-order valence-electron chi connectivity index (χ0n) is 15.9. The Kier molecular flexibility index (Phi) is 5.64. The minimum absolute atomic E-state index is 0.00638. The number of amides is 1. The molecule has 2 heterocycles.